The molecule has 0 aliphatic heterocycles. The van der Waals surface area contributed by atoms with E-state index in [9.17, 15) is 0 Å². The average molecular weight is 286 g/mol. The van der Waals surface area contributed by atoms with Gasteiger partial charge >= 0.3 is 0 Å². The highest BCUT2D eigenvalue weighted by Gasteiger charge is 2.16. The van der Waals surface area contributed by atoms with Crippen molar-refractivity contribution in [1.29, 1.82) is 0 Å². The van der Waals surface area contributed by atoms with Crippen molar-refractivity contribution in [3.8, 4) is 0 Å². The second-order valence-electron chi connectivity index (χ2n) is 4.26. The molecule has 16 heavy (non-hydrogen) atoms. The lowest BCUT2D eigenvalue weighted by Gasteiger charge is -2.29. The Labute approximate surface area is 106 Å². The van der Waals surface area contributed by atoms with Crippen molar-refractivity contribution in [2.75, 3.05) is 17.2 Å². The monoisotopic (exact) mass is 285 g/mol. The number of nitrogens with two attached hydrogens (primary N) is 1. The minimum Gasteiger partial charge on any atom is -0.397 e. The molecular weight excluding hydrogens is 266 g/mol. The summed E-state index contributed by atoms with van der Waals surface area (Å²) in [7, 11) is 0. The predicted octanol–water partition coefficient (Wildman–Crippen LogP) is 3.36. The molecule has 0 bridgehead atoms. The second-order valence-corrected chi connectivity index (χ2v) is 5.06. The zero-order chi connectivity index (χ0) is 12.3. The average Bonchev–Trinajstić information content (AvgIpc) is 2.24. The summed E-state index contributed by atoms with van der Waals surface area (Å²) in [5.74, 6) is 0.989. The molecular formula is C12H20BrN3. The molecule has 0 fully saturated rings. The summed E-state index contributed by atoms with van der Waals surface area (Å²) in [6.07, 6.45) is 2.84. The van der Waals surface area contributed by atoms with Gasteiger partial charge in [-0.05, 0) is 48.7 Å². The van der Waals surface area contributed by atoms with Crippen LogP contribution in [0.2, 0.25) is 0 Å². The first-order valence-electron chi connectivity index (χ1n) is 5.66. The zero-order valence-electron chi connectivity index (χ0n) is 10.4. The molecule has 0 saturated heterocycles. The fourth-order valence-electron chi connectivity index (χ4n) is 1.63. The molecule has 90 valence electrons. The van der Waals surface area contributed by atoms with Crippen molar-refractivity contribution in [1.82, 2.24) is 4.98 Å². The third kappa shape index (κ3) is 2.67. The van der Waals surface area contributed by atoms with Crippen LogP contribution in [0.25, 0.3) is 0 Å². The largest absolute Gasteiger partial charge is 0.397 e. The first-order valence-corrected chi connectivity index (χ1v) is 6.45. The van der Waals surface area contributed by atoms with Crippen molar-refractivity contribution >= 4 is 27.4 Å². The topological polar surface area (TPSA) is 42.2 Å². The van der Waals surface area contributed by atoms with Crippen molar-refractivity contribution < 1.29 is 0 Å². The normalized spacial score (nSPS) is 10.9. The van der Waals surface area contributed by atoms with E-state index in [2.05, 4.69) is 46.6 Å². The first kappa shape index (κ1) is 13.3. The number of nitrogen functional groups attached to an aromatic ring is 1. The van der Waals surface area contributed by atoms with Crippen LogP contribution < -0.4 is 10.6 Å². The minimum absolute atomic E-state index is 0.437. The van der Waals surface area contributed by atoms with Crippen LogP contribution in [0.1, 0.15) is 32.8 Å². The second kappa shape index (κ2) is 5.53. The van der Waals surface area contributed by atoms with Gasteiger partial charge in [0.2, 0.25) is 0 Å². The van der Waals surface area contributed by atoms with Crippen LogP contribution >= 0.6 is 15.9 Å². The standard InChI is InChI=1S/C12H20BrN3/c1-5-6-16(8(2)3)12-11(13)9(4)10(14)7-15-12/h7-8H,5-6,14H2,1-4H3. The molecule has 0 amide bonds. The Morgan fingerprint density at radius 1 is 1.50 bits per heavy atom. The summed E-state index contributed by atoms with van der Waals surface area (Å²) in [5.41, 5.74) is 7.62. The minimum atomic E-state index is 0.437. The summed E-state index contributed by atoms with van der Waals surface area (Å²) < 4.78 is 1.01. The Morgan fingerprint density at radius 3 is 2.62 bits per heavy atom. The molecule has 1 rings (SSSR count). The van der Waals surface area contributed by atoms with Crippen LogP contribution in [-0.2, 0) is 0 Å². The Balaban J connectivity index is 3.15. The van der Waals surface area contributed by atoms with Gasteiger partial charge in [0.25, 0.3) is 0 Å². The van der Waals surface area contributed by atoms with Crippen LogP contribution in [-0.4, -0.2) is 17.6 Å². The number of hydrogen-bond acceptors (Lipinski definition) is 3. The summed E-state index contributed by atoms with van der Waals surface area (Å²) in [6.45, 7) is 9.54. The molecule has 4 heteroatoms. The number of hydrogen-bond donors (Lipinski definition) is 1. The maximum atomic E-state index is 5.83. The highest BCUT2D eigenvalue weighted by atomic mass is 79.9. The van der Waals surface area contributed by atoms with Crippen LogP contribution in [0.3, 0.4) is 0 Å². The SMILES string of the molecule is CCCN(c1ncc(N)c(C)c1Br)C(C)C. The van der Waals surface area contributed by atoms with E-state index in [1.807, 2.05) is 6.92 Å². The van der Waals surface area contributed by atoms with Gasteiger partial charge < -0.3 is 10.6 Å². The van der Waals surface area contributed by atoms with Gasteiger partial charge in [-0.1, -0.05) is 6.92 Å². The van der Waals surface area contributed by atoms with E-state index in [0.717, 1.165) is 34.5 Å². The Kier molecular flexibility index (Phi) is 4.59. The van der Waals surface area contributed by atoms with E-state index in [1.54, 1.807) is 6.20 Å². The smallest absolute Gasteiger partial charge is 0.143 e. The van der Waals surface area contributed by atoms with E-state index in [1.165, 1.54) is 0 Å². The van der Waals surface area contributed by atoms with Gasteiger partial charge in [0.1, 0.15) is 5.82 Å². The summed E-state index contributed by atoms with van der Waals surface area (Å²) in [5, 5.41) is 0. The molecule has 0 unspecified atom stereocenters. The highest BCUT2D eigenvalue weighted by Crippen LogP contribution is 2.31. The molecule has 3 nitrogen and oxygen atoms in total. The maximum Gasteiger partial charge on any atom is 0.143 e. The number of anilines is 2. The number of pyridine rings is 1. The van der Waals surface area contributed by atoms with Gasteiger partial charge in [-0.15, -0.1) is 0 Å². The zero-order valence-corrected chi connectivity index (χ0v) is 12.0. The number of rotatable bonds is 4. The molecule has 0 aliphatic rings. The van der Waals surface area contributed by atoms with Gasteiger partial charge in [-0.2, -0.15) is 0 Å². The third-order valence-electron chi connectivity index (χ3n) is 2.64. The van der Waals surface area contributed by atoms with E-state index in [4.69, 9.17) is 5.73 Å². The van der Waals surface area contributed by atoms with Gasteiger partial charge in [0.05, 0.1) is 16.4 Å². The van der Waals surface area contributed by atoms with Crippen LogP contribution in [0.15, 0.2) is 10.7 Å². The van der Waals surface area contributed by atoms with Gasteiger partial charge in [-0.3, -0.25) is 0 Å². The Morgan fingerprint density at radius 2 is 2.12 bits per heavy atom. The molecule has 0 radical (unpaired) electrons. The quantitative estimate of drug-likeness (QED) is 0.922. The number of aromatic nitrogens is 1. The molecule has 2 N–H and O–H groups in total. The highest BCUT2D eigenvalue weighted by molar-refractivity contribution is 9.10. The van der Waals surface area contributed by atoms with Gasteiger partial charge in [0, 0.05) is 12.6 Å². The fraction of sp³-hybridized carbons (Fsp3) is 0.583. The van der Waals surface area contributed by atoms with Crippen molar-refractivity contribution in [2.45, 2.75) is 40.2 Å². The molecule has 0 saturated carbocycles. The van der Waals surface area contributed by atoms with Gasteiger partial charge in [-0.25, -0.2) is 4.98 Å². The van der Waals surface area contributed by atoms with Crippen molar-refractivity contribution in [2.24, 2.45) is 0 Å². The molecule has 1 heterocycles. The van der Waals surface area contributed by atoms with Crippen molar-refractivity contribution in [3.63, 3.8) is 0 Å². The van der Waals surface area contributed by atoms with Crippen LogP contribution in [0.4, 0.5) is 11.5 Å². The lowest BCUT2D eigenvalue weighted by Crippen LogP contribution is -2.32. The fourth-order valence-corrected chi connectivity index (χ4v) is 2.19. The number of halogens is 1. The molecule has 0 aliphatic carbocycles. The van der Waals surface area contributed by atoms with E-state index in [0.29, 0.717) is 6.04 Å². The van der Waals surface area contributed by atoms with E-state index >= 15 is 0 Å². The Bertz CT molecular complexity index is 364. The molecule has 0 spiro atoms. The summed E-state index contributed by atoms with van der Waals surface area (Å²) in [6, 6.07) is 0.437. The van der Waals surface area contributed by atoms with Gasteiger partial charge in [0.15, 0.2) is 0 Å². The number of nitrogens with zero attached hydrogens (tertiary/aromatic N) is 2. The molecule has 0 aromatic carbocycles. The van der Waals surface area contributed by atoms with E-state index < -0.39 is 0 Å². The molecule has 1 aromatic heterocycles. The lowest BCUT2D eigenvalue weighted by molar-refractivity contribution is 0.660. The first-order chi connectivity index (χ1) is 7.49. The maximum absolute atomic E-state index is 5.83. The summed E-state index contributed by atoms with van der Waals surface area (Å²) in [4.78, 5) is 6.72. The third-order valence-corrected chi connectivity index (χ3v) is 3.59. The van der Waals surface area contributed by atoms with Crippen LogP contribution in [0, 0.1) is 6.92 Å². The predicted molar refractivity (Wildman–Crippen MR) is 73.9 cm³/mol. The van der Waals surface area contributed by atoms with E-state index in [-0.39, 0.29) is 0 Å². The van der Waals surface area contributed by atoms with Crippen LogP contribution in [0.5, 0.6) is 0 Å². The molecule has 0 atom stereocenters. The summed E-state index contributed by atoms with van der Waals surface area (Å²) >= 11 is 3.59. The molecule has 1 aromatic rings. The van der Waals surface area contributed by atoms with Crippen molar-refractivity contribution in [3.05, 3.63) is 16.2 Å². The lowest BCUT2D eigenvalue weighted by atomic mass is 10.2. The Hall–Kier alpha value is -0.770.